The van der Waals surface area contributed by atoms with Crippen LogP contribution in [-0.4, -0.2) is 7.42 Å². The Morgan fingerprint density at radius 3 is 2.22 bits per heavy atom. The highest BCUT2D eigenvalue weighted by Crippen LogP contribution is 2.12. The third-order valence-electron chi connectivity index (χ3n) is 1.20. The Bertz CT molecular complexity index is 56.1. The summed E-state index contributed by atoms with van der Waals surface area (Å²) in [4.78, 5) is 0. The first-order chi connectivity index (χ1) is 4.13. The molecule has 0 nitrogen and oxygen atoms in total. The van der Waals surface area contributed by atoms with E-state index in [-0.39, 0.29) is 0 Å². The van der Waals surface area contributed by atoms with Gasteiger partial charge in [-0.15, -0.1) is 0 Å². The van der Waals surface area contributed by atoms with Gasteiger partial charge >= 0.3 is 0 Å². The van der Waals surface area contributed by atoms with Crippen molar-refractivity contribution in [2.24, 2.45) is 5.92 Å². The van der Waals surface area contributed by atoms with Gasteiger partial charge in [0, 0.05) is 0 Å². The summed E-state index contributed by atoms with van der Waals surface area (Å²) in [5, 5.41) is 0. The lowest BCUT2D eigenvalue weighted by atomic mass is 10.1. The lowest BCUT2D eigenvalue weighted by Gasteiger charge is -2.02. The summed E-state index contributed by atoms with van der Waals surface area (Å²) in [6, 6.07) is 1.07. The predicted molar refractivity (Wildman–Crippen MR) is 47.7 cm³/mol. The van der Waals surface area contributed by atoms with E-state index in [1.54, 1.807) is 0 Å². The van der Waals surface area contributed by atoms with E-state index >= 15 is 0 Å². The molecule has 0 saturated carbocycles. The van der Waals surface area contributed by atoms with E-state index in [1.807, 2.05) is 0 Å². The second kappa shape index (κ2) is 5.57. The number of rotatable bonds is 4. The summed E-state index contributed by atoms with van der Waals surface area (Å²) < 4.78 is 0. The Kier molecular flexibility index (Phi) is 6.07. The molecule has 0 aromatic carbocycles. The van der Waals surface area contributed by atoms with Gasteiger partial charge in [-0.3, -0.25) is 0 Å². The average molecular weight is 185 g/mol. The van der Waals surface area contributed by atoms with E-state index in [9.17, 15) is 0 Å². The molecule has 0 fully saturated rings. The molecule has 9 heavy (non-hydrogen) atoms. The maximum absolute atomic E-state index is 5.67. The van der Waals surface area contributed by atoms with Crippen LogP contribution in [0.25, 0.3) is 0 Å². The maximum atomic E-state index is 5.67. The Hall–Kier alpha value is 0.797. The molecule has 0 spiro atoms. The Labute approximate surface area is 68.6 Å². The van der Waals surface area contributed by atoms with E-state index in [2.05, 4.69) is 13.8 Å². The van der Waals surface area contributed by atoms with E-state index in [1.165, 1.54) is 12.8 Å². The van der Waals surface area contributed by atoms with Gasteiger partial charge in [-0.05, 0) is 12.0 Å². The van der Waals surface area contributed by atoms with Gasteiger partial charge in [0.05, 0.1) is 0 Å². The lowest BCUT2D eigenvalue weighted by molar-refractivity contribution is 0.575. The molecule has 0 amide bonds. The Morgan fingerprint density at radius 2 is 1.89 bits per heavy atom. The maximum Gasteiger partial charge on any atom is 0.237 e. The van der Waals surface area contributed by atoms with Crippen LogP contribution >= 0.6 is 22.2 Å². The Morgan fingerprint density at radius 1 is 1.33 bits per heavy atom. The van der Waals surface area contributed by atoms with Gasteiger partial charge in [0.25, 0.3) is 0 Å². The van der Waals surface area contributed by atoms with Crippen LogP contribution in [0.4, 0.5) is 0 Å². The summed E-state index contributed by atoms with van der Waals surface area (Å²) in [6.07, 6.45) is 2.48. The van der Waals surface area contributed by atoms with Crippen LogP contribution in [0.2, 0.25) is 6.04 Å². The topological polar surface area (TPSA) is 0 Å². The highest BCUT2D eigenvalue weighted by atomic mass is 35.7. The molecule has 0 aliphatic heterocycles. The molecule has 0 rings (SSSR count). The van der Waals surface area contributed by atoms with Crippen molar-refractivity contribution in [2.45, 2.75) is 32.7 Å². The summed E-state index contributed by atoms with van der Waals surface area (Å²) >= 11 is 11.3. The molecule has 0 bridgehead atoms. The molecule has 0 unspecified atom stereocenters. The molecule has 0 atom stereocenters. The zero-order valence-corrected chi connectivity index (χ0v) is 8.70. The molecule has 0 aromatic heterocycles. The zero-order chi connectivity index (χ0) is 7.28. The fourth-order valence-electron chi connectivity index (χ4n) is 0.680. The molecule has 0 saturated heterocycles. The summed E-state index contributed by atoms with van der Waals surface area (Å²) in [5.74, 6) is 0.797. The fourth-order valence-corrected chi connectivity index (χ4v) is 2.15. The minimum Gasteiger partial charge on any atom is -0.150 e. The van der Waals surface area contributed by atoms with E-state index in [4.69, 9.17) is 22.2 Å². The third kappa shape index (κ3) is 8.80. The van der Waals surface area contributed by atoms with Gasteiger partial charge in [0.1, 0.15) is 0 Å². The van der Waals surface area contributed by atoms with E-state index in [0.29, 0.717) is 0 Å². The minimum atomic E-state index is -1.28. The molecule has 0 aliphatic rings. The summed E-state index contributed by atoms with van der Waals surface area (Å²) in [5.41, 5.74) is 0. The molecule has 0 N–H and O–H groups in total. The molecule has 56 valence electrons. The number of hydrogen-bond acceptors (Lipinski definition) is 0. The first kappa shape index (κ1) is 9.80. The van der Waals surface area contributed by atoms with Crippen LogP contribution in [0.5, 0.6) is 0 Å². The highest BCUT2D eigenvalue weighted by molar-refractivity contribution is 7.33. The normalized spacial score (nSPS) is 11.3. The first-order valence-electron chi connectivity index (χ1n) is 3.41. The zero-order valence-electron chi connectivity index (χ0n) is 6.03. The van der Waals surface area contributed by atoms with Crippen LogP contribution < -0.4 is 0 Å². The second-order valence-corrected chi connectivity index (χ2v) is 7.91. The Balaban J connectivity index is 2.91. The van der Waals surface area contributed by atoms with Gasteiger partial charge in [-0.1, -0.05) is 26.7 Å². The van der Waals surface area contributed by atoms with Gasteiger partial charge in [0.15, 0.2) is 0 Å². The van der Waals surface area contributed by atoms with Crippen molar-refractivity contribution in [3.8, 4) is 0 Å². The van der Waals surface area contributed by atoms with Crippen molar-refractivity contribution in [1.82, 2.24) is 0 Å². The van der Waals surface area contributed by atoms with Crippen molar-refractivity contribution in [3.63, 3.8) is 0 Å². The van der Waals surface area contributed by atoms with Crippen LogP contribution in [0, 0.1) is 5.92 Å². The molecular weight excluding hydrogens is 171 g/mol. The summed E-state index contributed by atoms with van der Waals surface area (Å²) in [7, 11) is -1.28. The molecular formula is C6H14Cl2Si. The average Bonchev–Trinajstić information content (AvgIpc) is 1.63. The monoisotopic (exact) mass is 184 g/mol. The second-order valence-electron chi connectivity index (χ2n) is 2.72. The molecule has 0 heterocycles. The third-order valence-corrected chi connectivity index (χ3v) is 3.36. The van der Waals surface area contributed by atoms with Crippen LogP contribution in [0.3, 0.4) is 0 Å². The standard InChI is InChI=1S/C6H14Cl2Si/c1-6(2)4-3-5-9(7)8/h6,9H,3-5H2,1-2H3. The van der Waals surface area contributed by atoms with Crippen LogP contribution in [-0.2, 0) is 0 Å². The highest BCUT2D eigenvalue weighted by Gasteiger charge is 2.01. The van der Waals surface area contributed by atoms with Crippen molar-refractivity contribution in [1.29, 1.82) is 0 Å². The van der Waals surface area contributed by atoms with Crippen molar-refractivity contribution in [3.05, 3.63) is 0 Å². The van der Waals surface area contributed by atoms with Gasteiger partial charge in [-0.2, -0.15) is 22.2 Å². The lowest BCUT2D eigenvalue weighted by Crippen LogP contribution is -1.93. The van der Waals surface area contributed by atoms with Crippen molar-refractivity contribution >= 4 is 29.6 Å². The number of hydrogen-bond donors (Lipinski definition) is 0. The van der Waals surface area contributed by atoms with Crippen LogP contribution in [0.1, 0.15) is 26.7 Å². The molecule has 0 aliphatic carbocycles. The fraction of sp³-hybridized carbons (Fsp3) is 1.00. The largest absolute Gasteiger partial charge is 0.237 e. The van der Waals surface area contributed by atoms with Gasteiger partial charge in [-0.25, -0.2) is 0 Å². The quantitative estimate of drug-likeness (QED) is 0.466. The van der Waals surface area contributed by atoms with E-state index < -0.39 is 7.42 Å². The van der Waals surface area contributed by atoms with Gasteiger partial charge < -0.3 is 0 Å². The van der Waals surface area contributed by atoms with Crippen molar-refractivity contribution in [2.75, 3.05) is 0 Å². The summed E-state index contributed by atoms with van der Waals surface area (Å²) in [6.45, 7) is 4.44. The van der Waals surface area contributed by atoms with E-state index in [0.717, 1.165) is 12.0 Å². The van der Waals surface area contributed by atoms with Crippen molar-refractivity contribution < 1.29 is 0 Å². The SMILES string of the molecule is CC(C)CCC[SiH](Cl)Cl. The molecule has 0 aromatic rings. The predicted octanol–water partition coefficient (Wildman–Crippen LogP) is 3.12. The first-order valence-corrected chi connectivity index (χ1v) is 7.72. The van der Waals surface area contributed by atoms with Gasteiger partial charge in [0.2, 0.25) is 7.42 Å². The molecule has 3 heteroatoms. The van der Waals surface area contributed by atoms with Crippen LogP contribution in [0.15, 0.2) is 0 Å². The minimum absolute atomic E-state index is 0.797. The number of halogens is 2. The smallest absolute Gasteiger partial charge is 0.150 e. The molecule has 0 radical (unpaired) electrons.